The third-order valence-corrected chi connectivity index (χ3v) is 5.79. The Balaban J connectivity index is 1.42. The standard InChI is InChI=1S/C25H25N3O/c1-2-6-18(7-3-1)24-23(9-5-12-27-24)28-17-22-15-21(20-8-4-11-26-16-20)14-19-10-13-29-25(19)22/h1-4,6-8,10-11,13-16,23-24,27-28H,5,9,12,17H2. The van der Waals surface area contributed by atoms with Crippen LogP contribution in [0.3, 0.4) is 0 Å². The predicted octanol–water partition coefficient (Wildman–Crippen LogP) is 5.08. The van der Waals surface area contributed by atoms with Gasteiger partial charge in [0, 0.05) is 47.5 Å². The Kier molecular flexibility index (Phi) is 5.11. The number of benzene rings is 2. The second-order valence-corrected chi connectivity index (χ2v) is 7.69. The van der Waals surface area contributed by atoms with Crippen molar-refractivity contribution in [3.8, 4) is 11.1 Å². The van der Waals surface area contributed by atoms with Crippen LogP contribution in [0.5, 0.6) is 0 Å². The van der Waals surface area contributed by atoms with E-state index in [1.165, 1.54) is 23.1 Å². The van der Waals surface area contributed by atoms with Crippen LogP contribution in [-0.4, -0.2) is 17.6 Å². The number of hydrogen-bond acceptors (Lipinski definition) is 4. The van der Waals surface area contributed by atoms with Crippen molar-refractivity contribution in [1.29, 1.82) is 0 Å². The summed E-state index contributed by atoms with van der Waals surface area (Å²) < 4.78 is 5.82. The van der Waals surface area contributed by atoms with Gasteiger partial charge >= 0.3 is 0 Å². The molecule has 0 saturated carbocycles. The van der Waals surface area contributed by atoms with Gasteiger partial charge in [-0.15, -0.1) is 0 Å². The van der Waals surface area contributed by atoms with Crippen LogP contribution in [0.1, 0.15) is 30.0 Å². The molecule has 1 saturated heterocycles. The summed E-state index contributed by atoms with van der Waals surface area (Å²) in [5, 5.41) is 8.64. The van der Waals surface area contributed by atoms with Gasteiger partial charge in [0.2, 0.25) is 0 Å². The summed E-state index contributed by atoms with van der Waals surface area (Å²) in [7, 11) is 0. The number of fused-ring (bicyclic) bond motifs is 1. The minimum atomic E-state index is 0.332. The van der Waals surface area contributed by atoms with Crippen molar-refractivity contribution in [2.45, 2.75) is 31.5 Å². The zero-order valence-electron chi connectivity index (χ0n) is 16.3. The maximum atomic E-state index is 5.82. The number of pyridine rings is 1. The Morgan fingerprint density at radius 2 is 1.97 bits per heavy atom. The van der Waals surface area contributed by atoms with Crippen LogP contribution >= 0.6 is 0 Å². The lowest BCUT2D eigenvalue weighted by Gasteiger charge is -2.34. The number of nitrogens with zero attached hydrogens (tertiary/aromatic N) is 1. The average Bonchev–Trinajstić information content (AvgIpc) is 3.28. The zero-order chi connectivity index (χ0) is 19.5. The lowest BCUT2D eigenvalue weighted by molar-refractivity contribution is 0.304. The summed E-state index contributed by atoms with van der Waals surface area (Å²) >= 11 is 0. The molecule has 2 atom stereocenters. The molecule has 0 bridgehead atoms. The molecule has 2 aromatic heterocycles. The van der Waals surface area contributed by atoms with Crippen molar-refractivity contribution in [3.05, 3.63) is 90.4 Å². The second-order valence-electron chi connectivity index (χ2n) is 7.69. The third-order valence-electron chi connectivity index (χ3n) is 5.79. The largest absolute Gasteiger partial charge is 0.464 e. The highest BCUT2D eigenvalue weighted by Crippen LogP contribution is 2.29. The number of furan rings is 1. The van der Waals surface area contributed by atoms with Gasteiger partial charge < -0.3 is 15.1 Å². The number of aromatic nitrogens is 1. The maximum absolute atomic E-state index is 5.82. The van der Waals surface area contributed by atoms with Gasteiger partial charge in [0.25, 0.3) is 0 Å². The van der Waals surface area contributed by atoms with Gasteiger partial charge in [-0.05, 0) is 54.8 Å². The molecular formula is C25H25N3O. The topological polar surface area (TPSA) is 50.1 Å². The van der Waals surface area contributed by atoms with E-state index in [2.05, 4.69) is 64.1 Å². The van der Waals surface area contributed by atoms with Crippen molar-refractivity contribution < 1.29 is 4.42 Å². The average molecular weight is 383 g/mol. The first kappa shape index (κ1) is 18.1. The van der Waals surface area contributed by atoms with E-state index < -0.39 is 0 Å². The first-order valence-electron chi connectivity index (χ1n) is 10.3. The third kappa shape index (κ3) is 3.82. The van der Waals surface area contributed by atoms with Gasteiger partial charge in [-0.1, -0.05) is 36.4 Å². The van der Waals surface area contributed by atoms with Gasteiger partial charge in [-0.2, -0.15) is 0 Å². The molecule has 0 amide bonds. The maximum Gasteiger partial charge on any atom is 0.138 e. The van der Waals surface area contributed by atoms with Gasteiger partial charge in [-0.25, -0.2) is 0 Å². The molecule has 2 aromatic carbocycles. The van der Waals surface area contributed by atoms with Crippen molar-refractivity contribution in [3.63, 3.8) is 0 Å². The number of piperidine rings is 1. The normalized spacial score (nSPS) is 19.4. The smallest absolute Gasteiger partial charge is 0.138 e. The van der Waals surface area contributed by atoms with E-state index >= 15 is 0 Å². The molecule has 4 aromatic rings. The zero-order valence-corrected chi connectivity index (χ0v) is 16.3. The fourth-order valence-corrected chi connectivity index (χ4v) is 4.35. The predicted molar refractivity (Wildman–Crippen MR) is 116 cm³/mol. The monoisotopic (exact) mass is 383 g/mol. The van der Waals surface area contributed by atoms with E-state index in [0.717, 1.165) is 36.0 Å². The number of rotatable bonds is 5. The van der Waals surface area contributed by atoms with Crippen LogP contribution in [0.2, 0.25) is 0 Å². The van der Waals surface area contributed by atoms with Crippen molar-refractivity contribution in [2.24, 2.45) is 0 Å². The van der Waals surface area contributed by atoms with Gasteiger partial charge in [0.15, 0.2) is 0 Å². The Morgan fingerprint density at radius 3 is 2.83 bits per heavy atom. The van der Waals surface area contributed by atoms with Crippen LogP contribution in [0.4, 0.5) is 0 Å². The van der Waals surface area contributed by atoms with Crippen LogP contribution in [0, 0.1) is 0 Å². The Hall–Kier alpha value is -2.95. The molecule has 5 rings (SSSR count). The summed E-state index contributed by atoms with van der Waals surface area (Å²) in [6.07, 6.45) is 7.84. The molecule has 29 heavy (non-hydrogen) atoms. The van der Waals surface area contributed by atoms with Crippen molar-refractivity contribution >= 4 is 11.0 Å². The molecule has 0 aliphatic carbocycles. The summed E-state index contributed by atoms with van der Waals surface area (Å²) in [4.78, 5) is 4.27. The highest BCUT2D eigenvalue weighted by Gasteiger charge is 2.25. The highest BCUT2D eigenvalue weighted by atomic mass is 16.3. The van der Waals surface area contributed by atoms with E-state index in [-0.39, 0.29) is 0 Å². The lowest BCUT2D eigenvalue weighted by Crippen LogP contribution is -2.45. The first-order valence-corrected chi connectivity index (χ1v) is 10.3. The van der Waals surface area contributed by atoms with Crippen LogP contribution < -0.4 is 10.6 Å². The molecular weight excluding hydrogens is 358 g/mol. The highest BCUT2D eigenvalue weighted by molar-refractivity contribution is 5.86. The fourth-order valence-electron chi connectivity index (χ4n) is 4.35. The summed E-state index contributed by atoms with van der Waals surface area (Å²) in [5.41, 5.74) is 5.79. The molecule has 4 heteroatoms. The lowest BCUT2D eigenvalue weighted by atomic mass is 9.92. The minimum absolute atomic E-state index is 0.332. The molecule has 1 fully saturated rings. The van der Waals surface area contributed by atoms with Crippen LogP contribution in [-0.2, 0) is 6.54 Å². The van der Waals surface area contributed by atoms with E-state index in [4.69, 9.17) is 4.42 Å². The van der Waals surface area contributed by atoms with Gasteiger partial charge in [0.05, 0.1) is 6.26 Å². The summed E-state index contributed by atoms with van der Waals surface area (Å²) in [6, 6.07) is 22.0. The van der Waals surface area contributed by atoms with Crippen molar-refractivity contribution in [1.82, 2.24) is 15.6 Å². The van der Waals surface area contributed by atoms with Gasteiger partial charge in [0.1, 0.15) is 5.58 Å². The molecule has 146 valence electrons. The Morgan fingerprint density at radius 1 is 1.03 bits per heavy atom. The quantitative estimate of drug-likeness (QED) is 0.505. The molecule has 2 N–H and O–H groups in total. The molecule has 4 nitrogen and oxygen atoms in total. The first-order chi connectivity index (χ1) is 14.4. The van der Waals surface area contributed by atoms with E-state index in [9.17, 15) is 0 Å². The molecule has 0 spiro atoms. The van der Waals surface area contributed by atoms with E-state index in [1.807, 2.05) is 24.5 Å². The Bertz CT molecular complexity index is 1080. The van der Waals surface area contributed by atoms with Crippen molar-refractivity contribution in [2.75, 3.05) is 6.54 Å². The summed E-state index contributed by atoms with van der Waals surface area (Å²) in [6.45, 7) is 1.84. The van der Waals surface area contributed by atoms with E-state index in [1.54, 1.807) is 6.26 Å². The molecule has 1 aliphatic rings. The van der Waals surface area contributed by atoms with E-state index in [0.29, 0.717) is 12.1 Å². The van der Waals surface area contributed by atoms with Crippen LogP contribution in [0.15, 0.2) is 83.7 Å². The Labute approximate surface area is 171 Å². The molecule has 3 heterocycles. The fraction of sp³-hybridized carbons (Fsp3) is 0.240. The molecule has 2 unspecified atom stereocenters. The number of nitrogens with one attached hydrogen (secondary N) is 2. The second kappa shape index (κ2) is 8.19. The minimum Gasteiger partial charge on any atom is -0.464 e. The van der Waals surface area contributed by atoms with Gasteiger partial charge in [-0.3, -0.25) is 4.98 Å². The molecule has 0 radical (unpaired) electrons. The summed E-state index contributed by atoms with van der Waals surface area (Å²) in [5.74, 6) is 0. The number of hydrogen-bond donors (Lipinski definition) is 2. The SMILES string of the molecule is c1ccc(C2NCCCC2NCc2cc(-c3cccnc3)cc3ccoc23)cc1. The molecule has 1 aliphatic heterocycles. The van der Waals surface area contributed by atoms with Crippen LogP contribution in [0.25, 0.3) is 22.1 Å².